The predicted molar refractivity (Wildman–Crippen MR) is 135 cm³/mol. The van der Waals surface area contributed by atoms with Crippen molar-refractivity contribution in [3.63, 3.8) is 0 Å². The molecular weight excluding hydrogens is 460 g/mol. The van der Waals surface area contributed by atoms with Gasteiger partial charge in [-0.15, -0.1) is 0 Å². The quantitative estimate of drug-likeness (QED) is 0.462. The van der Waals surface area contributed by atoms with E-state index in [1.165, 1.54) is 6.33 Å². The minimum absolute atomic E-state index is 0.0790. The molecule has 2 fully saturated rings. The Hall–Kier alpha value is -3.50. The maximum absolute atomic E-state index is 13.0. The summed E-state index contributed by atoms with van der Waals surface area (Å²) in [6, 6.07) is 5.87. The molecule has 1 saturated heterocycles. The molecule has 0 bridgehead atoms. The van der Waals surface area contributed by atoms with Crippen molar-refractivity contribution in [1.82, 2.24) is 24.8 Å². The molecule has 0 spiro atoms. The van der Waals surface area contributed by atoms with E-state index in [4.69, 9.17) is 9.47 Å². The second kappa shape index (κ2) is 10.2. The normalized spacial score (nSPS) is 16.2. The van der Waals surface area contributed by atoms with Crippen LogP contribution in [0, 0.1) is 13.8 Å². The smallest absolute Gasteiger partial charge is 0.340 e. The Morgan fingerprint density at radius 1 is 1.19 bits per heavy atom. The molecule has 0 unspecified atom stereocenters. The number of aryl methyl sites for hydroxylation is 2. The second-order valence-electron chi connectivity index (χ2n) is 9.33. The standard InChI is InChI=1S/C26H32N6O4/c1-4-36-26(34)22-17(3)23-24(27-15-28-32(23)21(22)14-31-9-11-35-12-10-31)30-20-13-18(6-5-16(20)2)25(33)29-19-7-8-19/h5-6,13,15,19H,4,7-12,14H2,1-3H3,(H,29,33)(H,27,28,30). The molecular formula is C26H32N6O4. The molecule has 190 valence electrons. The number of esters is 1. The van der Waals surface area contributed by atoms with Crippen LogP contribution in [0.3, 0.4) is 0 Å². The molecule has 1 aromatic carbocycles. The molecule has 2 N–H and O–H groups in total. The lowest BCUT2D eigenvalue weighted by Gasteiger charge is -2.26. The monoisotopic (exact) mass is 492 g/mol. The summed E-state index contributed by atoms with van der Waals surface area (Å²) in [6.07, 6.45) is 3.54. The van der Waals surface area contributed by atoms with Crippen LogP contribution in [0.5, 0.6) is 0 Å². The Kier molecular flexibility index (Phi) is 6.88. The maximum atomic E-state index is 13.0. The van der Waals surface area contributed by atoms with E-state index in [-0.39, 0.29) is 24.5 Å². The Morgan fingerprint density at radius 3 is 2.69 bits per heavy atom. The van der Waals surface area contributed by atoms with E-state index in [2.05, 4.69) is 25.6 Å². The minimum atomic E-state index is -0.371. The summed E-state index contributed by atoms with van der Waals surface area (Å²) in [6.45, 7) is 9.36. The van der Waals surface area contributed by atoms with Crippen LogP contribution >= 0.6 is 0 Å². The number of hydrogen-bond acceptors (Lipinski definition) is 8. The second-order valence-corrected chi connectivity index (χ2v) is 9.33. The number of anilines is 2. The molecule has 0 atom stereocenters. The van der Waals surface area contributed by atoms with Crippen molar-refractivity contribution in [1.29, 1.82) is 0 Å². The number of fused-ring (bicyclic) bond motifs is 1. The van der Waals surface area contributed by atoms with Gasteiger partial charge in [-0.2, -0.15) is 5.10 Å². The van der Waals surface area contributed by atoms with Gasteiger partial charge in [0.05, 0.1) is 31.1 Å². The van der Waals surface area contributed by atoms with E-state index < -0.39 is 0 Å². The van der Waals surface area contributed by atoms with Crippen LogP contribution in [0.1, 0.15) is 57.3 Å². The number of nitrogens with one attached hydrogen (secondary N) is 2. The van der Waals surface area contributed by atoms with Gasteiger partial charge in [-0.05, 0) is 56.9 Å². The van der Waals surface area contributed by atoms with Gasteiger partial charge in [0, 0.05) is 36.9 Å². The molecule has 3 aromatic rings. The molecule has 1 saturated carbocycles. The molecule has 1 amide bonds. The van der Waals surface area contributed by atoms with E-state index in [1.54, 1.807) is 11.4 Å². The van der Waals surface area contributed by atoms with Crippen molar-refractivity contribution < 1.29 is 19.1 Å². The number of aromatic nitrogens is 3. The SMILES string of the molecule is CCOC(=O)c1c(C)c2c(Nc3cc(C(=O)NC4CC4)ccc3C)ncnn2c1CN1CCOCC1. The molecule has 1 aliphatic heterocycles. The van der Waals surface area contributed by atoms with Gasteiger partial charge in [0.2, 0.25) is 0 Å². The number of amides is 1. The Bertz CT molecular complexity index is 1290. The van der Waals surface area contributed by atoms with Crippen molar-refractivity contribution in [3.05, 3.63) is 52.5 Å². The van der Waals surface area contributed by atoms with Crippen LogP contribution in [-0.2, 0) is 16.0 Å². The number of ether oxygens (including phenoxy) is 2. The lowest BCUT2D eigenvalue weighted by molar-refractivity contribution is 0.0328. The van der Waals surface area contributed by atoms with Crippen LogP contribution in [-0.4, -0.2) is 70.3 Å². The highest BCUT2D eigenvalue weighted by Crippen LogP contribution is 2.31. The first-order chi connectivity index (χ1) is 17.5. The number of hydrogen-bond donors (Lipinski definition) is 2. The Labute approximate surface area is 210 Å². The first-order valence-corrected chi connectivity index (χ1v) is 12.5. The third-order valence-electron chi connectivity index (χ3n) is 6.69. The fraction of sp³-hybridized carbons (Fsp3) is 0.462. The van der Waals surface area contributed by atoms with Gasteiger partial charge >= 0.3 is 5.97 Å². The first-order valence-electron chi connectivity index (χ1n) is 12.5. The summed E-state index contributed by atoms with van der Waals surface area (Å²) >= 11 is 0. The molecule has 3 heterocycles. The number of carbonyl (C=O) groups excluding carboxylic acids is 2. The van der Waals surface area contributed by atoms with Crippen molar-refractivity contribution in [3.8, 4) is 0 Å². The zero-order valence-corrected chi connectivity index (χ0v) is 21.0. The highest BCUT2D eigenvalue weighted by atomic mass is 16.5. The van der Waals surface area contributed by atoms with Crippen molar-refractivity contribution >= 4 is 28.9 Å². The number of carbonyl (C=O) groups is 2. The zero-order chi connectivity index (χ0) is 25.2. The van der Waals surface area contributed by atoms with Gasteiger partial charge < -0.3 is 20.1 Å². The Morgan fingerprint density at radius 2 is 1.97 bits per heavy atom. The third kappa shape index (κ3) is 4.91. The summed E-state index contributed by atoms with van der Waals surface area (Å²) in [4.78, 5) is 32.4. The van der Waals surface area contributed by atoms with Crippen LogP contribution in [0.15, 0.2) is 24.5 Å². The first kappa shape index (κ1) is 24.2. The topological polar surface area (TPSA) is 110 Å². The fourth-order valence-electron chi connectivity index (χ4n) is 4.54. The van der Waals surface area contributed by atoms with Gasteiger partial charge in [0.25, 0.3) is 5.91 Å². The van der Waals surface area contributed by atoms with Gasteiger partial charge in [-0.25, -0.2) is 14.3 Å². The molecule has 2 aliphatic rings. The lowest BCUT2D eigenvalue weighted by Crippen LogP contribution is -2.36. The van der Waals surface area contributed by atoms with E-state index in [0.29, 0.717) is 42.2 Å². The average Bonchev–Trinajstić information content (AvgIpc) is 3.64. The number of rotatable bonds is 8. The zero-order valence-electron chi connectivity index (χ0n) is 21.0. The highest BCUT2D eigenvalue weighted by Gasteiger charge is 2.28. The van der Waals surface area contributed by atoms with Gasteiger partial charge in [0.15, 0.2) is 5.82 Å². The highest BCUT2D eigenvalue weighted by molar-refractivity contribution is 5.98. The fourth-order valence-corrected chi connectivity index (χ4v) is 4.54. The lowest BCUT2D eigenvalue weighted by atomic mass is 10.1. The van der Waals surface area contributed by atoms with Crippen molar-refractivity contribution in [2.45, 2.75) is 46.2 Å². The van der Waals surface area contributed by atoms with E-state index in [1.807, 2.05) is 32.0 Å². The number of morpholine rings is 1. The van der Waals surface area contributed by atoms with Gasteiger partial charge in [-0.3, -0.25) is 9.69 Å². The van der Waals surface area contributed by atoms with Gasteiger partial charge in [0.1, 0.15) is 11.8 Å². The minimum Gasteiger partial charge on any atom is -0.462 e. The molecule has 1 aliphatic carbocycles. The molecule has 10 heteroatoms. The summed E-state index contributed by atoms with van der Waals surface area (Å²) in [5, 5.41) is 10.9. The van der Waals surface area contributed by atoms with E-state index in [9.17, 15) is 9.59 Å². The summed E-state index contributed by atoms with van der Waals surface area (Å²) < 4.78 is 12.7. The van der Waals surface area contributed by atoms with Gasteiger partial charge in [-0.1, -0.05) is 6.07 Å². The summed E-state index contributed by atoms with van der Waals surface area (Å²) in [5.41, 5.74) is 5.07. The molecule has 10 nitrogen and oxygen atoms in total. The van der Waals surface area contributed by atoms with Crippen molar-refractivity contribution in [2.75, 3.05) is 38.2 Å². The van der Waals surface area contributed by atoms with E-state index >= 15 is 0 Å². The van der Waals surface area contributed by atoms with Crippen LogP contribution in [0.25, 0.3) is 5.52 Å². The van der Waals surface area contributed by atoms with Crippen molar-refractivity contribution in [2.24, 2.45) is 0 Å². The maximum Gasteiger partial charge on any atom is 0.340 e. The number of nitrogens with zero attached hydrogens (tertiary/aromatic N) is 4. The van der Waals surface area contributed by atoms with Crippen LogP contribution in [0.2, 0.25) is 0 Å². The van der Waals surface area contributed by atoms with Crippen LogP contribution < -0.4 is 10.6 Å². The summed E-state index contributed by atoms with van der Waals surface area (Å²) in [5.74, 6) is 0.110. The molecule has 5 rings (SSSR count). The predicted octanol–water partition coefficient (Wildman–Crippen LogP) is 2.99. The molecule has 36 heavy (non-hydrogen) atoms. The molecule has 2 aromatic heterocycles. The average molecular weight is 493 g/mol. The largest absolute Gasteiger partial charge is 0.462 e. The third-order valence-corrected chi connectivity index (χ3v) is 6.69. The van der Waals surface area contributed by atoms with Crippen LogP contribution in [0.4, 0.5) is 11.5 Å². The Balaban J connectivity index is 1.54. The number of benzene rings is 1. The molecule has 0 radical (unpaired) electrons. The summed E-state index contributed by atoms with van der Waals surface area (Å²) in [7, 11) is 0. The van der Waals surface area contributed by atoms with E-state index in [0.717, 1.165) is 48.4 Å².